The summed E-state index contributed by atoms with van der Waals surface area (Å²) in [6.07, 6.45) is 7.10. The molecule has 1 saturated carbocycles. The van der Waals surface area contributed by atoms with Crippen LogP contribution in [0.1, 0.15) is 49.5 Å². The Morgan fingerprint density at radius 3 is 3.00 bits per heavy atom. The number of hydrogen-bond donors (Lipinski definition) is 1. The van der Waals surface area contributed by atoms with Crippen molar-refractivity contribution in [1.82, 2.24) is 9.78 Å². The molecular formula is C13H21N3O2. The predicted molar refractivity (Wildman–Crippen MR) is 69.1 cm³/mol. The van der Waals surface area contributed by atoms with Crippen LogP contribution in [-0.4, -0.2) is 21.9 Å². The van der Waals surface area contributed by atoms with E-state index in [9.17, 15) is 4.79 Å². The molecule has 18 heavy (non-hydrogen) atoms. The molecule has 2 unspecified atom stereocenters. The summed E-state index contributed by atoms with van der Waals surface area (Å²) in [4.78, 5) is 12.0. The first kappa shape index (κ1) is 12.9. The van der Waals surface area contributed by atoms with Crippen molar-refractivity contribution in [1.29, 1.82) is 0 Å². The number of anilines is 1. The fourth-order valence-corrected chi connectivity index (χ4v) is 2.59. The Labute approximate surface area is 107 Å². The van der Waals surface area contributed by atoms with E-state index in [2.05, 4.69) is 12.0 Å². The lowest BCUT2D eigenvalue weighted by molar-refractivity contribution is 0.0134. The molecule has 2 N–H and O–H groups in total. The fraction of sp³-hybridized carbons (Fsp3) is 0.692. The van der Waals surface area contributed by atoms with Crippen molar-refractivity contribution < 1.29 is 9.53 Å². The number of nitrogen functional groups attached to an aromatic ring is 1. The molecule has 0 radical (unpaired) electrons. The van der Waals surface area contributed by atoms with Crippen LogP contribution in [0.4, 0.5) is 5.69 Å². The first-order valence-electron chi connectivity index (χ1n) is 6.60. The fourth-order valence-electron chi connectivity index (χ4n) is 2.59. The third-order valence-electron chi connectivity index (χ3n) is 3.64. The number of ether oxygens (including phenoxy) is 1. The summed E-state index contributed by atoms with van der Waals surface area (Å²) in [6, 6.07) is 0. The van der Waals surface area contributed by atoms with Gasteiger partial charge in [0.25, 0.3) is 0 Å². The maximum absolute atomic E-state index is 12.0. The summed E-state index contributed by atoms with van der Waals surface area (Å²) in [7, 11) is 1.74. The maximum Gasteiger partial charge on any atom is 0.361 e. The van der Waals surface area contributed by atoms with Crippen LogP contribution < -0.4 is 5.73 Å². The predicted octanol–water partition coefficient (Wildman–Crippen LogP) is 2.13. The third kappa shape index (κ3) is 2.83. The summed E-state index contributed by atoms with van der Waals surface area (Å²) in [6.45, 7) is 2.19. The number of aromatic nitrogens is 2. The van der Waals surface area contributed by atoms with Gasteiger partial charge in [-0.25, -0.2) is 4.79 Å². The Kier molecular flexibility index (Phi) is 3.89. The second-order valence-corrected chi connectivity index (χ2v) is 5.07. The van der Waals surface area contributed by atoms with Crippen molar-refractivity contribution in [2.75, 3.05) is 5.73 Å². The number of carbonyl (C=O) groups is 1. The van der Waals surface area contributed by atoms with Gasteiger partial charge in [-0.1, -0.05) is 19.8 Å². The van der Waals surface area contributed by atoms with Crippen LogP contribution in [0.25, 0.3) is 0 Å². The normalized spacial score (nSPS) is 23.9. The monoisotopic (exact) mass is 251 g/mol. The molecule has 1 aliphatic rings. The number of hydrogen-bond acceptors (Lipinski definition) is 4. The molecule has 5 nitrogen and oxygen atoms in total. The van der Waals surface area contributed by atoms with E-state index in [1.165, 1.54) is 11.1 Å². The van der Waals surface area contributed by atoms with E-state index in [4.69, 9.17) is 10.5 Å². The summed E-state index contributed by atoms with van der Waals surface area (Å²) in [5, 5.41) is 4.03. The van der Waals surface area contributed by atoms with Crippen LogP contribution in [0, 0.1) is 5.92 Å². The summed E-state index contributed by atoms with van der Waals surface area (Å²) < 4.78 is 7.04. The molecule has 5 heteroatoms. The van der Waals surface area contributed by atoms with Crippen molar-refractivity contribution in [2.24, 2.45) is 13.0 Å². The van der Waals surface area contributed by atoms with Crippen molar-refractivity contribution >= 4 is 11.7 Å². The van der Waals surface area contributed by atoms with Crippen LogP contribution in [0.3, 0.4) is 0 Å². The molecule has 1 heterocycles. The zero-order chi connectivity index (χ0) is 13.1. The SMILES string of the molecule is CCC1CCCC(OC(=O)c2nn(C)cc2N)C1. The summed E-state index contributed by atoms with van der Waals surface area (Å²) in [5.41, 5.74) is 6.33. The van der Waals surface area contributed by atoms with Gasteiger partial charge in [-0.15, -0.1) is 0 Å². The topological polar surface area (TPSA) is 70.1 Å². The lowest BCUT2D eigenvalue weighted by Gasteiger charge is -2.27. The Hall–Kier alpha value is -1.52. The van der Waals surface area contributed by atoms with Crippen molar-refractivity contribution in [3.05, 3.63) is 11.9 Å². The van der Waals surface area contributed by atoms with E-state index in [0.29, 0.717) is 11.6 Å². The molecule has 0 amide bonds. The highest BCUT2D eigenvalue weighted by atomic mass is 16.5. The van der Waals surface area contributed by atoms with Crippen molar-refractivity contribution in [3.8, 4) is 0 Å². The second-order valence-electron chi connectivity index (χ2n) is 5.07. The number of esters is 1. The summed E-state index contributed by atoms with van der Waals surface area (Å²) >= 11 is 0. The quantitative estimate of drug-likeness (QED) is 0.835. The smallest absolute Gasteiger partial charge is 0.361 e. The molecule has 0 bridgehead atoms. The van der Waals surface area contributed by atoms with E-state index in [1.54, 1.807) is 13.2 Å². The van der Waals surface area contributed by atoms with Gasteiger partial charge in [0.1, 0.15) is 6.10 Å². The van der Waals surface area contributed by atoms with Gasteiger partial charge < -0.3 is 10.5 Å². The van der Waals surface area contributed by atoms with Gasteiger partial charge in [-0.05, 0) is 25.2 Å². The third-order valence-corrected chi connectivity index (χ3v) is 3.64. The Morgan fingerprint density at radius 1 is 1.61 bits per heavy atom. The highest BCUT2D eigenvalue weighted by Gasteiger charge is 2.26. The molecule has 100 valence electrons. The molecule has 0 saturated heterocycles. The average Bonchev–Trinajstić information content (AvgIpc) is 2.69. The molecule has 1 fully saturated rings. The van der Waals surface area contributed by atoms with Gasteiger partial charge in [-0.2, -0.15) is 5.10 Å². The van der Waals surface area contributed by atoms with E-state index < -0.39 is 5.97 Å². The van der Waals surface area contributed by atoms with E-state index in [0.717, 1.165) is 25.7 Å². The lowest BCUT2D eigenvalue weighted by Crippen LogP contribution is -2.26. The Morgan fingerprint density at radius 2 is 2.39 bits per heavy atom. The standard InChI is InChI=1S/C13H21N3O2/c1-3-9-5-4-6-10(7-9)18-13(17)12-11(14)8-16(2)15-12/h8-10H,3-7,14H2,1-2H3. The zero-order valence-electron chi connectivity index (χ0n) is 11.1. The Bertz CT molecular complexity index is 428. The Balaban J connectivity index is 1.97. The summed E-state index contributed by atoms with van der Waals surface area (Å²) in [5.74, 6) is 0.285. The number of carbonyl (C=O) groups excluding carboxylic acids is 1. The number of nitrogens with zero attached hydrogens (tertiary/aromatic N) is 2. The van der Waals surface area contributed by atoms with Crippen molar-refractivity contribution in [2.45, 2.75) is 45.1 Å². The largest absolute Gasteiger partial charge is 0.458 e. The minimum atomic E-state index is -0.394. The van der Waals surface area contributed by atoms with Gasteiger partial charge in [0.2, 0.25) is 0 Å². The molecule has 2 atom stereocenters. The molecule has 0 spiro atoms. The number of nitrogens with two attached hydrogens (primary N) is 1. The van der Waals surface area contributed by atoms with E-state index >= 15 is 0 Å². The van der Waals surface area contributed by atoms with Crippen LogP contribution >= 0.6 is 0 Å². The molecule has 1 aromatic rings. The molecule has 1 aliphatic carbocycles. The van der Waals surface area contributed by atoms with Crippen LogP contribution in [0.15, 0.2) is 6.20 Å². The van der Waals surface area contributed by atoms with Gasteiger partial charge >= 0.3 is 5.97 Å². The van der Waals surface area contributed by atoms with Gasteiger partial charge in [0.15, 0.2) is 5.69 Å². The van der Waals surface area contributed by atoms with E-state index in [1.807, 2.05) is 0 Å². The lowest BCUT2D eigenvalue weighted by atomic mass is 9.85. The van der Waals surface area contributed by atoms with Crippen LogP contribution in [-0.2, 0) is 11.8 Å². The molecule has 1 aromatic heterocycles. The highest BCUT2D eigenvalue weighted by molar-refractivity contribution is 5.92. The molecular weight excluding hydrogens is 230 g/mol. The van der Waals surface area contributed by atoms with E-state index in [-0.39, 0.29) is 11.8 Å². The number of aryl methyl sites for hydroxylation is 1. The zero-order valence-corrected chi connectivity index (χ0v) is 11.1. The average molecular weight is 251 g/mol. The molecule has 0 aromatic carbocycles. The second kappa shape index (κ2) is 5.42. The first-order valence-corrected chi connectivity index (χ1v) is 6.60. The minimum absolute atomic E-state index is 0.0256. The minimum Gasteiger partial charge on any atom is -0.458 e. The van der Waals surface area contributed by atoms with Gasteiger partial charge in [-0.3, -0.25) is 4.68 Å². The first-order chi connectivity index (χ1) is 8.60. The van der Waals surface area contributed by atoms with Gasteiger partial charge in [0, 0.05) is 13.2 Å². The van der Waals surface area contributed by atoms with Gasteiger partial charge in [0.05, 0.1) is 5.69 Å². The highest BCUT2D eigenvalue weighted by Crippen LogP contribution is 2.29. The number of rotatable bonds is 3. The van der Waals surface area contributed by atoms with Crippen molar-refractivity contribution in [3.63, 3.8) is 0 Å². The maximum atomic E-state index is 12.0. The molecule has 2 rings (SSSR count). The van der Waals surface area contributed by atoms with Crippen LogP contribution in [0.2, 0.25) is 0 Å². The molecule has 0 aliphatic heterocycles. The van der Waals surface area contributed by atoms with Crippen LogP contribution in [0.5, 0.6) is 0 Å².